The number of hydrogen-bond acceptors (Lipinski definition) is 3. The molecular weight excluding hydrogens is 346 g/mol. The van der Waals surface area contributed by atoms with Gasteiger partial charge >= 0.3 is 0 Å². The second-order valence-electron chi connectivity index (χ2n) is 4.27. The summed E-state index contributed by atoms with van der Waals surface area (Å²) in [6, 6.07) is 5.99. The van der Waals surface area contributed by atoms with E-state index in [4.69, 9.17) is 16.3 Å². The van der Waals surface area contributed by atoms with Gasteiger partial charge in [-0.05, 0) is 47.5 Å². The van der Waals surface area contributed by atoms with Crippen molar-refractivity contribution in [1.29, 1.82) is 0 Å². The second kappa shape index (κ2) is 6.16. The van der Waals surface area contributed by atoms with E-state index in [2.05, 4.69) is 34.2 Å². The number of methoxy groups -OCH3 is 1. The van der Waals surface area contributed by atoms with Crippen LogP contribution in [0.25, 0.3) is 0 Å². The first-order chi connectivity index (χ1) is 9.01. The van der Waals surface area contributed by atoms with Crippen LogP contribution in [0.3, 0.4) is 0 Å². The zero-order valence-electron chi connectivity index (χ0n) is 11.0. The SMILES string of the molecule is COc1cc(Cl)c(C)cc1NCc1cc(Br)c(C)s1. The molecule has 0 saturated carbocycles. The largest absolute Gasteiger partial charge is 0.495 e. The molecule has 0 aliphatic heterocycles. The average molecular weight is 361 g/mol. The Bertz CT molecular complexity index is 578. The molecule has 0 aliphatic rings. The molecule has 1 aromatic carbocycles. The number of aryl methyl sites for hydroxylation is 2. The lowest BCUT2D eigenvalue weighted by Crippen LogP contribution is -2.00. The third-order valence-corrected chi connectivity index (χ3v) is 5.39. The zero-order chi connectivity index (χ0) is 14.0. The maximum Gasteiger partial charge on any atom is 0.143 e. The molecule has 0 radical (unpaired) electrons. The summed E-state index contributed by atoms with van der Waals surface area (Å²) in [6.45, 7) is 4.86. The highest BCUT2D eigenvalue weighted by molar-refractivity contribution is 9.10. The van der Waals surface area contributed by atoms with Gasteiger partial charge in [-0.1, -0.05) is 11.6 Å². The Morgan fingerprint density at radius 2 is 2.05 bits per heavy atom. The van der Waals surface area contributed by atoms with Crippen molar-refractivity contribution in [3.8, 4) is 5.75 Å². The van der Waals surface area contributed by atoms with Crippen molar-refractivity contribution in [2.75, 3.05) is 12.4 Å². The van der Waals surface area contributed by atoms with E-state index in [0.29, 0.717) is 0 Å². The van der Waals surface area contributed by atoms with Crippen LogP contribution in [0, 0.1) is 13.8 Å². The van der Waals surface area contributed by atoms with Crippen molar-refractivity contribution in [3.05, 3.63) is 43.0 Å². The fraction of sp³-hybridized carbons (Fsp3) is 0.286. The van der Waals surface area contributed by atoms with Gasteiger partial charge in [0.1, 0.15) is 5.75 Å². The number of ether oxygens (including phenoxy) is 1. The lowest BCUT2D eigenvalue weighted by molar-refractivity contribution is 0.416. The molecule has 0 spiro atoms. The van der Waals surface area contributed by atoms with Gasteiger partial charge in [0.15, 0.2) is 0 Å². The number of rotatable bonds is 4. The van der Waals surface area contributed by atoms with Crippen molar-refractivity contribution < 1.29 is 4.74 Å². The average Bonchev–Trinajstić information content (AvgIpc) is 2.69. The Hall–Kier alpha value is -0.710. The zero-order valence-corrected chi connectivity index (χ0v) is 14.2. The molecular formula is C14H15BrClNOS. The fourth-order valence-electron chi connectivity index (χ4n) is 1.76. The summed E-state index contributed by atoms with van der Waals surface area (Å²) < 4.78 is 6.51. The standard InChI is InChI=1S/C14H15BrClNOS/c1-8-4-13(14(18-3)6-12(8)16)17-7-10-5-11(15)9(2)19-10/h4-6,17H,7H2,1-3H3. The molecule has 0 aliphatic carbocycles. The monoisotopic (exact) mass is 359 g/mol. The van der Waals surface area contributed by atoms with E-state index in [1.807, 2.05) is 19.1 Å². The van der Waals surface area contributed by atoms with Crippen molar-refractivity contribution in [3.63, 3.8) is 0 Å². The third-order valence-electron chi connectivity index (χ3n) is 2.84. The molecule has 19 heavy (non-hydrogen) atoms. The highest BCUT2D eigenvalue weighted by Crippen LogP contribution is 2.32. The van der Waals surface area contributed by atoms with Gasteiger partial charge in [0.25, 0.3) is 0 Å². The molecule has 5 heteroatoms. The number of halogens is 2. The quantitative estimate of drug-likeness (QED) is 0.788. The first-order valence-corrected chi connectivity index (χ1v) is 7.83. The summed E-state index contributed by atoms with van der Waals surface area (Å²) in [5.41, 5.74) is 2.00. The lowest BCUT2D eigenvalue weighted by Gasteiger charge is -2.12. The highest BCUT2D eigenvalue weighted by Gasteiger charge is 2.08. The second-order valence-corrected chi connectivity index (χ2v) is 6.87. The molecule has 1 aromatic heterocycles. The topological polar surface area (TPSA) is 21.3 Å². The summed E-state index contributed by atoms with van der Waals surface area (Å²) >= 11 is 11.4. The number of hydrogen-bond donors (Lipinski definition) is 1. The predicted octanol–water partition coefficient (Wildman–Crippen LogP) is 5.40. The van der Waals surface area contributed by atoms with Gasteiger partial charge in [-0.15, -0.1) is 11.3 Å². The fourth-order valence-corrected chi connectivity index (χ4v) is 3.45. The van der Waals surface area contributed by atoms with Gasteiger partial charge in [-0.3, -0.25) is 0 Å². The number of thiophene rings is 1. The van der Waals surface area contributed by atoms with Crippen LogP contribution in [0.5, 0.6) is 5.75 Å². The van der Waals surface area contributed by atoms with Crippen molar-refractivity contribution in [1.82, 2.24) is 0 Å². The van der Waals surface area contributed by atoms with Gasteiger partial charge in [0, 0.05) is 31.9 Å². The van der Waals surface area contributed by atoms with E-state index < -0.39 is 0 Å². The summed E-state index contributed by atoms with van der Waals surface area (Å²) in [6.07, 6.45) is 0. The summed E-state index contributed by atoms with van der Waals surface area (Å²) in [5, 5.41) is 4.11. The molecule has 0 saturated heterocycles. The van der Waals surface area contributed by atoms with E-state index in [9.17, 15) is 0 Å². The minimum absolute atomic E-state index is 0.720. The Morgan fingerprint density at radius 3 is 2.63 bits per heavy atom. The molecule has 2 aromatic rings. The molecule has 0 fully saturated rings. The van der Waals surface area contributed by atoms with Crippen LogP contribution in [0.2, 0.25) is 5.02 Å². The molecule has 1 heterocycles. The molecule has 102 valence electrons. The van der Waals surface area contributed by atoms with Crippen LogP contribution < -0.4 is 10.1 Å². The Morgan fingerprint density at radius 1 is 1.32 bits per heavy atom. The number of nitrogens with one attached hydrogen (secondary N) is 1. The summed E-state index contributed by atoms with van der Waals surface area (Å²) in [4.78, 5) is 2.56. The molecule has 2 rings (SSSR count). The van der Waals surface area contributed by atoms with E-state index >= 15 is 0 Å². The van der Waals surface area contributed by atoms with E-state index in [1.54, 1.807) is 18.4 Å². The summed E-state index contributed by atoms with van der Waals surface area (Å²) in [7, 11) is 1.65. The van der Waals surface area contributed by atoms with Crippen molar-refractivity contribution in [2.45, 2.75) is 20.4 Å². The number of anilines is 1. The Kier molecular flexibility index (Phi) is 4.76. The molecule has 2 nitrogen and oxygen atoms in total. The minimum Gasteiger partial charge on any atom is -0.495 e. The number of benzene rings is 1. The van der Waals surface area contributed by atoms with Gasteiger partial charge in [0.2, 0.25) is 0 Å². The van der Waals surface area contributed by atoms with Crippen LogP contribution >= 0.6 is 38.9 Å². The molecule has 0 amide bonds. The van der Waals surface area contributed by atoms with Crippen molar-refractivity contribution >= 4 is 44.6 Å². The smallest absolute Gasteiger partial charge is 0.143 e. The molecule has 0 unspecified atom stereocenters. The van der Waals surface area contributed by atoms with Crippen LogP contribution in [0.15, 0.2) is 22.7 Å². The Balaban J connectivity index is 2.17. The first-order valence-electron chi connectivity index (χ1n) is 5.84. The minimum atomic E-state index is 0.720. The molecule has 0 atom stereocenters. The lowest BCUT2D eigenvalue weighted by atomic mass is 10.2. The van der Waals surface area contributed by atoms with Gasteiger partial charge < -0.3 is 10.1 Å². The van der Waals surface area contributed by atoms with Crippen LogP contribution in [0.4, 0.5) is 5.69 Å². The molecule has 1 N–H and O–H groups in total. The van der Waals surface area contributed by atoms with Crippen LogP contribution in [-0.2, 0) is 6.54 Å². The van der Waals surface area contributed by atoms with Gasteiger partial charge in [0.05, 0.1) is 12.8 Å². The van der Waals surface area contributed by atoms with E-state index in [-0.39, 0.29) is 0 Å². The van der Waals surface area contributed by atoms with E-state index in [0.717, 1.165) is 33.0 Å². The van der Waals surface area contributed by atoms with Gasteiger partial charge in [-0.25, -0.2) is 0 Å². The maximum atomic E-state index is 6.09. The summed E-state index contributed by atoms with van der Waals surface area (Å²) in [5.74, 6) is 0.767. The van der Waals surface area contributed by atoms with Crippen LogP contribution in [0.1, 0.15) is 15.3 Å². The molecule has 0 bridgehead atoms. The highest BCUT2D eigenvalue weighted by atomic mass is 79.9. The first kappa shape index (κ1) is 14.7. The predicted molar refractivity (Wildman–Crippen MR) is 86.8 cm³/mol. The van der Waals surface area contributed by atoms with Crippen LogP contribution in [-0.4, -0.2) is 7.11 Å². The normalized spacial score (nSPS) is 10.6. The Labute approximate surface area is 130 Å². The van der Waals surface area contributed by atoms with Crippen molar-refractivity contribution in [2.24, 2.45) is 0 Å². The third kappa shape index (κ3) is 3.44. The maximum absolute atomic E-state index is 6.09. The van der Waals surface area contributed by atoms with Gasteiger partial charge in [-0.2, -0.15) is 0 Å². The van der Waals surface area contributed by atoms with E-state index in [1.165, 1.54) is 9.75 Å².